The van der Waals surface area contributed by atoms with E-state index in [0.29, 0.717) is 16.4 Å². The van der Waals surface area contributed by atoms with Crippen molar-refractivity contribution in [3.63, 3.8) is 0 Å². The van der Waals surface area contributed by atoms with Crippen LogP contribution in [0.4, 0.5) is 0 Å². The number of hydrogen-bond acceptors (Lipinski definition) is 3. The molecule has 3 aromatic rings. The lowest BCUT2D eigenvalue weighted by Gasteiger charge is -2.09. The number of ether oxygens (including phenoxy) is 1. The number of halogens is 1. The van der Waals surface area contributed by atoms with Gasteiger partial charge in [0.05, 0.1) is 5.02 Å². The molecule has 0 aliphatic rings. The van der Waals surface area contributed by atoms with Gasteiger partial charge in [-0.2, -0.15) is 0 Å². The van der Waals surface area contributed by atoms with Crippen LogP contribution in [-0.2, 0) is 6.61 Å². The van der Waals surface area contributed by atoms with Gasteiger partial charge in [-0.3, -0.25) is 0 Å². The summed E-state index contributed by atoms with van der Waals surface area (Å²) in [5.41, 5.74) is 2.00. The largest absolute Gasteiger partial charge is 0.487 e. The van der Waals surface area contributed by atoms with Crippen LogP contribution in [0.3, 0.4) is 0 Å². The van der Waals surface area contributed by atoms with Gasteiger partial charge in [-0.05, 0) is 30.7 Å². The molecule has 0 bridgehead atoms. The first kappa shape index (κ1) is 13.7. The van der Waals surface area contributed by atoms with Crippen molar-refractivity contribution in [1.29, 1.82) is 0 Å². The Labute approximate surface area is 126 Å². The molecular weight excluding hydrogens is 288 g/mol. The number of hydrogen-bond donors (Lipinski definition) is 0. The summed E-state index contributed by atoms with van der Waals surface area (Å²) in [7, 11) is 0. The fourth-order valence-corrected chi connectivity index (χ4v) is 2.36. The van der Waals surface area contributed by atoms with Crippen LogP contribution >= 0.6 is 11.6 Å². The van der Waals surface area contributed by atoms with E-state index in [1.165, 1.54) is 6.07 Å². The summed E-state index contributed by atoms with van der Waals surface area (Å²) >= 11 is 6.06. The minimum atomic E-state index is -0.383. The molecule has 0 aliphatic carbocycles. The Kier molecular flexibility index (Phi) is 3.67. The molecule has 0 unspecified atom stereocenters. The van der Waals surface area contributed by atoms with E-state index in [0.717, 1.165) is 16.5 Å². The summed E-state index contributed by atoms with van der Waals surface area (Å²) in [6, 6.07) is 14.4. The lowest BCUT2D eigenvalue weighted by Crippen LogP contribution is -2.04. The van der Waals surface area contributed by atoms with Crippen LogP contribution in [0.1, 0.15) is 11.1 Å². The minimum Gasteiger partial charge on any atom is -0.487 e. The van der Waals surface area contributed by atoms with Crippen LogP contribution < -0.4 is 10.4 Å². The molecule has 0 saturated carbocycles. The highest BCUT2D eigenvalue weighted by Crippen LogP contribution is 2.25. The maximum atomic E-state index is 11.6. The first-order chi connectivity index (χ1) is 10.1. The monoisotopic (exact) mass is 300 g/mol. The van der Waals surface area contributed by atoms with Gasteiger partial charge >= 0.3 is 5.63 Å². The highest BCUT2D eigenvalue weighted by molar-refractivity contribution is 6.32. The van der Waals surface area contributed by atoms with Gasteiger partial charge in [0.2, 0.25) is 0 Å². The Balaban J connectivity index is 1.97. The normalized spacial score (nSPS) is 10.8. The second kappa shape index (κ2) is 5.62. The number of aryl methyl sites for hydroxylation is 1. The number of fused-ring (bicyclic) bond motifs is 1. The lowest BCUT2D eigenvalue weighted by atomic mass is 10.1. The molecular formula is C17H13ClO3. The van der Waals surface area contributed by atoms with E-state index in [1.54, 1.807) is 12.1 Å². The topological polar surface area (TPSA) is 39.4 Å². The summed E-state index contributed by atoms with van der Waals surface area (Å²) in [5, 5.41) is 1.41. The van der Waals surface area contributed by atoms with Crippen molar-refractivity contribution in [2.45, 2.75) is 13.5 Å². The molecule has 3 nitrogen and oxygen atoms in total. The van der Waals surface area contributed by atoms with Gasteiger partial charge in [-0.1, -0.05) is 35.9 Å². The van der Waals surface area contributed by atoms with Crippen LogP contribution in [0.2, 0.25) is 5.02 Å². The fourth-order valence-electron chi connectivity index (χ4n) is 2.17. The predicted octanol–water partition coefficient (Wildman–Crippen LogP) is 4.33. The lowest BCUT2D eigenvalue weighted by molar-refractivity contribution is 0.307. The molecule has 106 valence electrons. The van der Waals surface area contributed by atoms with Crippen molar-refractivity contribution < 1.29 is 9.15 Å². The zero-order valence-corrected chi connectivity index (χ0v) is 12.2. The molecule has 0 fully saturated rings. The van der Waals surface area contributed by atoms with Gasteiger partial charge in [-0.15, -0.1) is 0 Å². The van der Waals surface area contributed by atoms with Crippen LogP contribution in [0, 0.1) is 6.92 Å². The van der Waals surface area contributed by atoms with Gasteiger partial charge in [0.25, 0.3) is 0 Å². The molecule has 0 atom stereocenters. The molecule has 0 N–H and O–H groups in total. The maximum Gasteiger partial charge on any atom is 0.336 e. The third kappa shape index (κ3) is 2.93. The molecule has 0 aliphatic heterocycles. The van der Waals surface area contributed by atoms with E-state index < -0.39 is 0 Å². The summed E-state index contributed by atoms with van der Waals surface area (Å²) < 4.78 is 10.9. The zero-order chi connectivity index (χ0) is 14.8. The first-order valence-electron chi connectivity index (χ1n) is 6.54. The highest BCUT2D eigenvalue weighted by atomic mass is 35.5. The Hall–Kier alpha value is -2.26. The number of para-hydroxylation sites is 1. The SMILES string of the molecule is Cc1ccc2c(COc3ccccc3Cl)cc(=O)oc2c1. The van der Waals surface area contributed by atoms with Crippen LogP contribution in [0.15, 0.2) is 57.7 Å². The fraction of sp³-hybridized carbons (Fsp3) is 0.118. The van der Waals surface area contributed by atoms with Gasteiger partial charge in [0.15, 0.2) is 0 Å². The minimum absolute atomic E-state index is 0.259. The molecule has 0 saturated heterocycles. The van der Waals surface area contributed by atoms with E-state index in [-0.39, 0.29) is 12.2 Å². The average molecular weight is 301 g/mol. The molecule has 0 amide bonds. The second-order valence-electron chi connectivity index (χ2n) is 4.81. The Morgan fingerprint density at radius 2 is 1.95 bits per heavy atom. The van der Waals surface area contributed by atoms with E-state index in [1.807, 2.05) is 37.3 Å². The third-order valence-corrected chi connectivity index (χ3v) is 3.52. The molecule has 21 heavy (non-hydrogen) atoms. The summed E-state index contributed by atoms with van der Waals surface area (Å²) in [6.07, 6.45) is 0. The highest BCUT2D eigenvalue weighted by Gasteiger charge is 2.08. The number of rotatable bonds is 3. The molecule has 0 spiro atoms. The van der Waals surface area contributed by atoms with Crippen molar-refractivity contribution in [2.24, 2.45) is 0 Å². The Morgan fingerprint density at radius 3 is 2.76 bits per heavy atom. The third-order valence-electron chi connectivity index (χ3n) is 3.21. The van der Waals surface area contributed by atoms with Crippen molar-refractivity contribution in [1.82, 2.24) is 0 Å². The molecule has 4 heteroatoms. The van der Waals surface area contributed by atoms with Gasteiger partial charge in [0, 0.05) is 17.0 Å². The Bertz CT molecular complexity index is 852. The maximum absolute atomic E-state index is 11.6. The van der Waals surface area contributed by atoms with Gasteiger partial charge < -0.3 is 9.15 Å². The summed E-state index contributed by atoms with van der Waals surface area (Å²) in [6.45, 7) is 2.21. The van der Waals surface area contributed by atoms with Gasteiger partial charge in [0.1, 0.15) is 17.9 Å². The van der Waals surface area contributed by atoms with Crippen LogP contribution in [-0.4, -0.2) is 0 Å². The average Bonchev–Trinajstić information content (AvgIpc) is 2.45. The molecule has 1 heterocycles. The molecule has 0 radical (unpaired) electrons. The van der Waals surface area contributed by atoms with Gasteiger partial charge in [-0.25, -0.2) is 4.79 Å². The quantitative estimate of drug-likeness (QED) is 0.676. The van der Waals surface area contributed by atoms with E-state index >= 15 is 0 Å². The molecule has 2 aromatic carbocycles. The van der Waals surface area contributed by atoms with E-state index in [4.69, 9.17) is 20.8 Å². The zero-order valence-electron chi connectivity index (χ0n) is 11.4. The van der Waals surface area contributed by atoms with Crippen LogP contribution in [0.5, 0.6) is 5.75 Å². The van der Waals surface area contributed by atoms with E-state index in [2.05, 4.69) is 0 Å². The smallest absolute Gasteiger partial charge is 0.336 e. The van der Waals surface area contributed by atoms with E-state index in [9.17, 15) is 4.79 Å². The summed E-state index contributed by atoms with van der Waals surface area (Å²) in [5.74, 6) is 0.590. The van der Waals surface area contributed by atoms with Crippen LogP contribution in [0.25, 0.3) is 11.0 Å². The Morgan fingerprint density at radius 1 is 1.14 bits per heavy atom. The molecule has 1 aromatic heterocycles. The van der Waals surface area contributed by atoms with Crippen molar-refractivity contribution in [2.75, 3.05) is 0 Å². The standard InChI is InChI=1S/C17H13ClO3/c1-11-6-7-13-12(9-17(19)21-16(13)8-11)10-20-15-5-3-2-4-14(15)18/h2-9H,10H2,1H3. The molecule has 3 rings (SSSR count). The first-order valence-corrected chi connectivity index (χ1v) is 6.92. The van der Waals surface area contributed by atoms with Crippen molar-refractivity contribution in [3.8, 4) is 5.75 Å². The van der Waals surface area contributed by atoms with Crippen molar-refractivity contribution in [3.05, 3.63) is 75.1 Å². The van der Waals surface area contributed by atoms with Crippen molar-refractivity contribution >= 4 is 22.6 Å². The second-order valence-corrected chi connectivity index (χ2v) is 5.22. The number of benzene rings is 2. The predicted molar refractivity (Wildman–Crippen MR) is 83.0 cm³/mol. The summed E-state index contributed by atoms with van der Waals surface area (Å²) in [4.78, 5) is 11.6.